The van der Waals surface area contributed by atoms with Crippen LogP contribution in [0.25, 0.3) is 104 Å². The molecule has 0 aliphatic carbocycles. The van der Waals surface area contributed by atoms with Gasteiger partial charge in [0.05, 0.1) is 26.9 Å². The number of hydrogen-bond donors (Lipinski definition) is 0. The van der Waals surface area contributed by atoms with Crippen LogP contribution in [0.4, 0.5) is 0 Å². The highest BCUT2D eigenvalue weighted by atomic mass is 32.1. The molecule has 0 fully saturated rings. The topological polar surface area (TPSA) is 69.6 Å². The second kappa shape index (κ2) is 11.8. The fourth-order valence-electron chi connectivity index (χ4n) is 7.50. The lowest BCUT2D eigenvalue weighted by Gasteiger charge is -2.16. The Balaban J connectivity index is 1.24. The van der Waals surface area contributed by atoms with Gasteiger partial charge < -0.3 is 8.98 Å². The standard InChI is InChI=1S/C46H27N5OS/c1-3-13-28(14-4-1)43-48-44(29-15-5-2-6-16-29)50-45(49-43)33-27-30(46-47-34-19-9-12-22-40(34)53-46)23-24-36(33)51-35-20-10-7-17-31(35)41-37(51)25-26-39-42(41)32-18-8-11-21-38(32)52-39/h1-27H. The number of hydrogen-bond acceptors (Lipinski definition) is 6. The predicted octanol–water partition coefficient (Wildman–Crippen LogP) is 12.1. The maximum Gasteiger partial charge on any atom is 0.166 e. The van der Waals surface area contributed by atoms with E-state index in [1.807, 2.05) is 78.9 Å². The molecule has 0 saturated carbocycles. The van der Waals surface area contributed by atoms with E-state index in [4.69, 9.17) is 24.4 Å². The number of para-hydroxylation sites is 3. The van der Waals surface area contributed by atoms with Crippen LogP contribution in [-0.4, -0.2) is 24.5 Å². The van der Waals surface area contributed by atoms with E-state index in [1.54, 1.807) is 11.3 Å². The number of rotatable bonds is 5. The van der Waals surface area contributed by atoms with Gasteiger partial charge in [-0.25, -0.2) is 19.9 Å². The van der Waals surface area contributed by atoms with Crippen LogP contribution in [0.2, 0.25) is 0 Å². The summed E-state index contributed by atoms with van der Waals surface area (Å²) in [6.45, 7) is 0. The third-order valence-corrected chi connectivity index (χ3v) is 11.0. The van der Waals surface area contributed by atoms with Gasteiger partial charge >= 0.3 is 0 Å². The number of fused-ring (bicyclic) bond motifs is 8. The summed E-state index contributed by atoms with van der Waals surface area (Å²) in [5, 5.41) is 5.44. The van der Waals surface area contributed by atoms with Crippen molar-refractivity contribution in [3.63, 3.8) is 0 Å². The van der Waals surface area contributed by atoms with Crippen LogP contribution in [-0.2, 0) is 0 Å². The number of thiazole rings is 1. The van der Waals surface area contributed by atoms with E-state index in [1.165, 1.54) is 0 Å². The van der Waals surface area contributed by atoms with E-state index in [0.29, 0.717) is 17.5 Å². The summed E-state index contributed by atoms with van der Waals surface area (Å²) in [6.07, 6.45) is 0. The van der Waals surface area contributed by atoms with E-state index < -0.39 is 0 Å². The summed E-state index contributed by atoms with van der Waals surface area (Å²) >= 11 is 1.68. The van der Waals surface area contributed by atoms with Gasteiger partial charge in [0.1, 0.15) is 16.2 Å². The van der Waals surface area contributed by atoms with Crippen LogP contribution in [0.15, 0.2) is 168 Å². The Morgan fingerprint density at radius 2 is 1.11 bits per heavy atom. The molecule has 0 radical (unpaired) electrons. The van der Waals surface area contributed by atoms with Gasteiger partial charge in [-0.3, -0.25) is 0 Å². The molecule has 0 atom stereocenters. The predicted molar refractivity (Wildman–Crippen MR) is 216 cm³/mol. The van der Waals surface area contributed by atoms with Crippen molar-refractivity contribution in [1.82, 2.24) is 24.5 Å². The summed E-state index contributed by atoms with van der Waals surface area (Å²) in [6, 6.07) is 56.2. The van der Waals surface area contributed by atoms with Crippen molar-refractivity contribution in [1.29, 1.82) is 0 Å². The first kappa shape index (κ1) is 29.7. The van der Waals surface area contributed by atoms with Crippen molar-refractivity contribution in [2.24, 2.45) is 0 Å². The number of furan rings is 1. The highest BCUT2D eigenvalue weighted by Gasteiger charge is 2.23. The Labute approximate surface area is 307 Å². The van der Waals surface area contributed by atoms with Crippen LogP contribution < -0.4 is 0 Å². The molecule has 0 aliphatic rings. The lowest BCUT2D eigenvalue weighted by molar-refractivity contribution is 0.669. The van der Waals surface area contributed by atoms with Gasteiger partial charge in [-0.05, 0) is 54.6 Å². The zero-order chi connectivity index (χ0) is 34.9. The average molecular weight is 698 g/mol. The molecule has 53 heavy (non-hydrogen) atoms. The molecule has 6 nitrogen and oxygen atoms in total. The fraction of sp³-hybridized carbons (Fsp3) is 0. The van der Waals surface area contributed by atoms with Gasteiger partial charge in [-0.15, -0.1) is 11.3 Å². The monoisotopic (exact) mass is 697 g/mol. The Bertz CT molecular complexity index is 3090. The molecule has 0 aliphatic heterocycles. The van der Waals surface area contributed by atoms with Crippen LogP contribution in [0.1, 0.15) is 0 Å². The normalized spacial score (nSPS) is 11.8. The van der Waals surface area contributed by atoms with Crippen molar-refractivity contribution < 1.29 is 4.42 Å². The SMILES string of the molecule is c1ccc(-c2nc(-c3ccccc3)nc(-c3cc(-c4nc5ccccc5s4)ccc3-n3c4ccccc4c4c5c(ccc43)oc3ccccc35)n2)cc1. The average Bonchev–Trinajstić information content (AvgIpc) is 3.93. The summed E-state index contributed by atoms with van der Waals surface area (Å²) in [4.78, 5) is 20.5. The lowest BCUT2D eigenvalue weighted by atomic mass is 10.1. The van der Waals surface area contributed by atoms with Gasteiger partial charge in [0, 0.05) is 43.8 Å². The molecule has 11 rings (SSSR count). The molecule has 0 spiro atoms. The van der Waals surface area contributed by atoms with E-state index in [9.17, 15) is 0 Å². The lowest BCUT2D eigenvalue weighted by Crippen LogP contribution is -2.04. The van der Waals surface area contributed by atoms with Crippen molar-refractivity contribution in [2.75, 3.05) is 0 Å². The van der Waals surface area contributed by atoms with Gasteiger partial charge in [-0.1, -0.05) is 109 Å². The first-order valence-electron chi connectivity index (χ1n) is 17.5. The molecule has 0 unspecified atom stereocenters. The van der Waals surface area contributed by atoms with Crippen LogP contribution >= 0.6 is 11.3 Å². The molecule has 0 bridgehead atoms. The molecule has 4 aromatic heterocycles. The van der Waals surface area contributed by atoms with Crippen LogP contribution in [0.5, 0.6) is 0 Å². The second-order valence-electron chi connectivity index (χ2n) is 13.0. The minimum Gasteiger partial charge on any atom is -0.456 e. The summed E-state index contributed by atoms with van der Waals surface area (Å²) in [5.74, 6) is 1.80. The summed E-state index contributed by atoms with van der Waals surface area (Å²) in [5.41, 5.74) is 9.54. The molecule has 0 amide bonds. The molecule has 248 valence electrons. The Kier molecular flexibility index (Phi) is 6.62. The van der Waals surface area contributed by atoms with E-state index in [0.717, 1.165) is 86.9 Å². The number of benzene rings is 7. The van der Waals surface area contributed by atoms with Crippen molar-refractivity contribution >= 4 is 65.3 Å². The zero-order valence-electron chi connectivity index (χ0n) is 28.1. The maximum absolute atomic E-state index is 6.38. The van der Waals surface area contributed by atoms with Crippen molar-refractivity contribution in [2.45, 2.75) is 0 Å². The molecule has 0 N–H and O–H groups in total. The van der Waals surface area contributed by atoms with Gasteiger partial charge in [-0.2, -0.15) is 0 Å². The third-order valence-electron chi connectivity index (χ3n) is 9.90. The summed E-state index contributed by atoms with van der Waals surface area (Å²) in [7, 11) is 0. The van der Waals surface area contributed by atoms with Crippen molar-refractivity contribution in [3.8, 4) is 50.4 Å². The molecule has 7 aromatic carbocycles. The summed E-state index contributed by atoms with van der Waals surface area (Å²) < 4.78 is 9.86. The molecule has 7 heteroatoms. The largest absolute Gasteiger partial charge is 0.456 e. The first-order valence-corrected chi connectivity index (χ1v) is 18.3. The minimum atomic E-state index is 0.580. The molecular formula is C46H27N5OS. The zero-order valence-corrected chi connectivity index (χ0v) is 29.0. The molecular weight excluding hydrogens is 671 g/mol. The minimum absolute atomic E-state index is 0.580. The third kappa shape index (κ3) is 4.79. The van der Waals surface area contributed by atoms with Crippen LogP contribution in [0, 0.1) is 0 Å². The Hall–Kier alpha value is -6.96. The van der Waals surface area contributed by atoms with Crippen LogP contribution in [0.3, 0.4) is 0 Å². The van der Waals surface area contributed by atoms with Gasteiger partial charge in [0.25, 0.3) is 0 Å². The van der Waals surface area contributed by atoms with E-state index in [-0.39, 0.29) is 0 Å². The van der Waals surface area contributed by atoms with E-state index in [2.05, 4.69) is 89.5 Å². The number of nitrogens with zero attached hydrogens (tertiary/aromatic N) is 5. The van der Waals surface area contributed by atoms with Crippen molar-refractivity contribution in [3.05, 3.63) is 164 Å². The highest BCUT2D eigenvalue weighted by Crippen LogP contribution is 2.43. The molecule has 11 aromatic rings. The first-order chi connectivity index (χ1) is 26.3. The Morgan fingerprint density at radius 3 is 1.89 bits per heavy atom. The smallest absolute Gasteiger partial charge is 0.166 e. The molecule has 0 saturated heterocycles. The van der Waals surface area contributed by atoms with E-state index >= 15 is 0 Å². The maximum atomic E-state index is 6.38. The Morgan fingerprint density at radius 1 is 0.453 bits per heavy atom. The number of aromatic nitrogens is 5. The van der Waals surface area contributed by atoms with Gasteiger partial charge in [0.15, 0.2) is 17.5 Å². The quantitative estimate of drug-likeness (QED) is 0.179. The fourth-order valence-corrected chi connectivity index (χ4v) is 8.46. The highest BCUT2D eigenvalue weighted by molar-refractivity contribution is 7.21. The van der Waals surface area contributed by atoms with Gasteiger partial charge in [0.2, 0.25) is 0 Å². The molecule has 4 heterocycles. The second-order valence-corrected chi connectivity index (χ2v) is 14.1.